The maximum atomic E-state index is 12.5. The first-order chi connectivity index (χ1) is 10.7. The van der Waals surface area contributed by atoms with Crippen molar-refractivity contribution < 1.29 is 4.79 Å². The van der Waals surface area contributed by atoms with Crippen LogP contribution >= 0.6 is 0 Å². The number of amides is 1. The third kappa shape index (κ3) is 3.85. The predicted molar refractivity (Wildman–Crippen MR) is 89.1 cm³/mol. The number of hydrogen-bond acceptors (Lipinski definition) is 2. The molecule has 0 spiro atoms. The molecule has 1 heterocycles. The predicted octanol–water partition coefficient (Wildman–Crippen LogP) is 3.39. The summed E-state index contributed by atoms with van der Waals surface area (Å²) in [4.78, 5) is 24.2. The molecule has 2 rings (SSSR count). The van der Waals surface area contributed by atoms with Gasteiger partial charge in [0.1, 0.15) is 0 Å². The van der Waals surface area contributed by atoms with Crippen molar-refractivity contribution in [2.75, 3.05) is 5.32 Å². The van der Waals surface area contributed by atoms with Crippen molar-refractivity contribution in [1.29, 1.82) is 0 Å². The van der Waals surface area contributed by atoms with Crippen LogP contribution in [-0.2, 0) is 11.3 Å². The fourth-order valence-electron chi connectivity index (χ4n) is 2.51. The fraction of sp³-hybridized carbons (Fsp3) is 0.333. The number of aromatic nitrogens is 1. The number of carbonyl (C=O) groups excluding carboxylic acids is 1. The van der Waals surface area contributed by atoms with E-state index in [1.807, 2.05) is 44.2 Å². The van der Waals surface area contributed by atoms with Gasteiger partial charge in [0, 0.05) is 18.8 Å². The summed E-state index contributed by atoms with van der Waals surface area (Å²) in [6.45, 7) is 4.66. The molecule has 1 aromatic heterocycles. The monoisotopic (exact) mass is 298 g/mol. The van der Waals surface area contributed by atoms with Gasteiger partial charge in [-0.15, -0.1) is 0 Å². The summed E-state index contributed by atoms with van der Waals surface area (Å²) in [5, 5.41) is 2.92. The van der Waals surface area contributed by atoms with Gasteiger partial charge in [0.2, 0.25) is 5.91 Å². The van der Waals surface area contributed by atoms with Gasteiger partial charge in [-0.05, 0) is 24.5 Å². The van der Waals surface area contributed by atoms with E-state index in [1.165, 1.54) is 6.07 Å². The van der Waals surface area contributed by atoms with Crippen molar-refractivity contribution in [2.45, 2.75) is 39.2 Å². The molecule has 4 nitrogen and oxygen atoms in total. The summed E-state index contributed by atoms with van der Waals surface area (Å²) in [7, 11) is 0. The first-order valence-corrected chi connectivity index (χ1v) is 7.72. The maximum absolute atomic E-state index is 12.5. The molecule has 0 saturated carbocycles. The molecule has 0 aliphatic rings. The third-order valence-corrected chi connectivity index (χ3v) is 3.64. The van der Waals surface area contributed by atoms with E-state index in [-0.39, 0.29) is 17.4 Å². The highest BCUT2D eigenvalue weighted by Gasteiger charge is 2.18. The lowest BCUT2D eigenvalue weighted by Crippen LogP contribution is -2.23. The average molecular weight is 298 g/mol. The zero-order valence-corrected chi connectivity index (χ0v) is 13.1. The number of rotatable bonds is 6. The van der Waals surface area contributed by atoms with E-state index in [4.69, 9.17) is 0 Å². The van der Waals surface area contributed by atoms with Crippen LogP contribution in [0.25, 0.3) is 0 Å². The Morgan fingerprint density at radius 2 is 1.86 bits per heavy atom. The molecule has 4 heteroatoms. The van der Waals surface area contributed by atoms with E-state index in [1.54, 1.807) is 16.8 Å². The SMILES string of the molecule is CCCn1cc(NC(=O)C(CC)c2ccccc2)ccc1=O. The van der Waals surface area contributed by atoms with Gasteiger partial charge in [0.25, 0.3) is 5.56 Å². The molecule has 1 atom stereocenters. The smallest absolute Gasteiger partial charge is 0.250 e. The molecule has 116 valence electrons. The van der Waals surface area contributed by atoms with E-state index in [9.17, 15) is 9.59 Å². The number of carbonyl (C=O) groups is 1. The molecule has 0 fully saturated rings. The number of nitrogens with one attached hydrogen (secondary N) is 1. The van der Waals surface area contributed by atoms with Crippen LogP contribution in [-0.4, -0.2) is 10.5 Å². The van der Waals surface area contributed by atoms with Gasteiger partial charge in [-0.25, -0.2) is 0 Å². The van der Waals surface area contributed by atoms with Gasteiger partial charge in [0.15, 0.2) is 0 Å². The van der Waals surface area contributed by atoms with Crippen LogP contribution in [0.4, 0.5) is 5.69 Å². The summed E-state index contributed by atoms with van der Waals surface area (Å²) in [5.74, 6) is -0.233. The normalized spacial score (nSPS) is 11.9. The lowest BCUT2D eigenvalue weighted by atomic mass is 9.95. The number of hydrogen-bond donors (Lipinski definition) is 1. The summed E-state index contributed by atoms with van der Waals surface area (Å²) >= 11 is 0. The highest BCUT2D eigenvalue weighted by atomic mass is 16.2. The van der Waals surface area contributed by atoms with E-state index in [0.717, 1.165) is 18.4 Å². The molecule has 1 N–H and O–H groups in total. The standard InChI is InChI=1S/C18H22N2O2/c1-3-12-20-13-15(10-11-17(20)21)19-18(22)16(4-2)14-8-6-5-7-9-14/h5-11,13,16H,3-4,12H2,1-2H3,(H,19,22). The number of aryl methyl sites for hydroxylation is 1. The van der Waals surface area contributed by atoms with Crippen LogP contribution in [0.15, 0.2) is 53.5 Å². The second-order valence-corrected chi connectivity index (χ2v) is 5.31. The largest absolute Gasteiger partial charge is 0.324 e. The van der Waals surface area contributed by atoms with Gasteiger partial charge in [-0.3, -0.25) is 9.59 Å². The molecule has 22 heavy (non-hydrogen) atoms. The Kier molecular flexibility index (Phi) is 5.53. The summed E-state index contributed by atoms with van der Waals surface area (Å²) in [6, 6.07) is 12.9. The second kappa shape index (κ2) is 7.59. The number of pyridine rings is 1. The van der Waals surface area contributed by atoms with E-state index in [2.05, 4.69) is 5.32 Å². The molecule has 1 amide bonds. The Labute approximate surface area is 130 Å². The molecule has 2 aromatic rings. The topological polar surface area (TPSA) is 51.1 Å². The van der Waals surface area contributed by atoms with Crippen LogP contribution in [0.3, 0.4) is 0 Å². The Morgan fingerprint density at radius 1 is 1.14 bits per heavy atom. The maximum Gasteiger partial charge on any atom is 0.250 e. The Hall–Kier alpha value is -2.36. The van der Waals surface area contributed by atoms with Crippen molar-refractivity contribution >= 4 is 11.6 Å². The molecule has 0 radical (unpaired) electrons. The van der Waals surface area contributed by atoms with E-state index < -0.39 is 0 Å². The number of nitrogens with zero attached hydrogens (tertiary/aromatic N) is 1. The van der Waals surface area contributed by atoms with Crippen LogP contribution in [0, 0.1) is 0 Å². The molecular formula is C18H22N2O2. The van der Waals surface area contributed by atoms with Gasteiger partial charge >= 0.3 is 0 Å². The molecule has 1 aromatic carbocycles. The van der Waals surface area contributed by atoms with Crippen molar-refractivity contribution in [1.82, 2.24) is 4.57 Å². The Bertz CT molecular complexity index is 677. The van der Waals surface area contributed by atoms with Crippen molar-refractivity contribution in [2.24, 2.45) is 0 Å². The fourth-order valence-corrected chi connectivity index (χ4v) is 2.51. The summed E-state index contributed by atoms with van der Waals surface area (Å²) in [6.07, 6.45) is 3.31. The quantitative estimate of drug-likeness (QED) is 0.888. The van der Waals surface area contributed by atoms with Crippen LogP contribution in [0.1, 0.15) is 38.2 Å². The summed E-state index contributed by atoms with van der Waals surface area (Å²) in [5.41, 5.74) is 1.62. The highest BCUT2D eigenvalue weighted by molar-refractivity contribution is 5.95. The minimum Gasteiger partial charge on any atom is -0.324 e. The zero-order valence-electron chi connectivity index (χ0n) is 13.1. The molecule has 0 bridgehead atoms. The first kappa shape index (κ1) is 16.0. The lowest BCUT2D eigenvalue weighted by Gasteiger charge is -2.16. The third-order valence-electron chi connectivity index (χ3n) is 3.64. The number of anilines is 1. The van der Waals surface area contributed by atoms with Crippen molar-refractivity contribution in [3.8, 4) is 0 Å². The van der Waals surface area contributed by atoms with Crippen molar-refractivity contribution in [3.05, 3.63) is 64.6 Å². The molecular weight excluding hydrogens is 276 g/mol. The number of benzene rings is 1. The van der Waals surface area contributed by atoms with Crippen LogP contribution < -0.4 is 10.9 Å². The zero-order chi connectivity index (χ0) is 15.9. The van der Waals surface area contributed by atoms with Crippen LogP contribution in [0.2, 0.25) is 0 Å². The minimum absolute atomic E-state index is 0.0459. The molecule has 0 saturated heterocycles. The highest BCUT2D eigenvalue weighted by Crippen LogP contribution is 2.21. The van der Waals surface area contributed by atoms with E-state index in [0.29, 0.717) is 12.2 Å². The van der Waals surface area contributed by atoms with Gasteiger partial charge in [0.05, 0.1) is 11.6 Å². The van der Waals surface area contributed by atoms with E-state index >= 15 is 0 Å². The lowest BCUT2D eigenvalue weighted by molar-refractivity contribution is -0.117. The summed E-state index contributed by atoms with van der Waals surface area (Å²) < 4.78 is 1.62. The van der Waals surface area contributed by atoms with Gasteiger partial charge < -0.3 is 9.88 Å². The minimum atomic E-state index is -0.187. The first-order valence-electron chi connectivity index (χ1n) is 7.72. The van der Waals surface area contributed by atoms with Crippen LogP contribution in [0.5, 0.6) is 0 Å². The second-order valence-electron chi connectivity index (χ2n) is 5.31. The molecule has 0 aliphatic heterocycles. The molecule has 0 aliphatic carbocycles. The molecule has 1 unspecified atom stereocenters. The van der Waals surface area contributed by atoms with Crippen molar-refractivity contribution in [3.63, 3.8) is 0 Å². The Morgan fingerprint density at radius 3 is 2.50 bits per heavy atom. The van der Waals surface area contributed by atoms with Gasteiger partial charge in [-0.1, -0.05) is 44.2 Å². The van der Waals surface area contributed by atoms with Gasteiger partial charge in [-0.2, -0.15) is 0 Å². The average Bonchev–Trinajstić information content (AvgIpc) is 2.52. The Balaban J connectivity index is 2.17.